The van der Waals surface area contributed by atoms with Crippen LogP contribution in [0.2, 0.25) is 5.02 Å². The lowest BCUT2D eigenvalue weighted by Gasteiger charge is -2.09. The van der Waals surface area contributed by atoms with Crippen molar-refractivity contribution in [2.45, 2.75) is 0 Å². The molecule has 2 aromatic rings. The first-order valence-corrected chi connectivity index (χ1v) is 9.61. The molecule has 0 fully saturated rings. The highest BCUT2D eigenvalue weighted by atomic mass is 35.5. The van der Waals surface area contributed by atoms with E-state index in [4.69, 9.17) is 26.3 Å². The molecule has 0 aliphatic heterocycles. The summed E-state index contributed by atoms with van der Waals surface area (Å²) in [5, 5.41) is 22.3. The standard InChI is InChI=1S/C18H13ClN4O3S/c1-27(24,25)26-17-8-4-15(5-9-17)18(14-2-6-16(19)7-3-14)23-22-12-13(10-20)11-21/h2-9,12,22H,1H3/b23-18+. The van der Waals surface area contributed by atoms with Gasteiger partial charge in [0.2, 0.25) is 0 Å². The second-order valence-electron chi connectivity index (χ2n) is 5.19. The van der Waals surface area contributed by atoms with Crippen molar-refractivity contribution in [2.75, 3.05) is 6.26 Å². The molecule has 0 bridgehead atoms. The van der Waals surface area contributed by atoms with E-state index in [1.807, 2.05) is 0 Å². The first kappa shape index (κ1) is 20.0. The number of hydrogen-bond donors (Lipinski definition) is 1. The molecule has 0 saturated heterocycles. The normalized spacial score (nSPS) is 11.0. The van der Waals surface area contributed by atoms with Gasteiger partial charge in [-0.05, 0) is 36.4 Å². The zero-order valence-corrected chi connectivity index (χ0v) is 15.6. The Balaban J connectivity index is 2.40. The lowest BCUT2D eigenvalue weighted by atomic mass is 10.0. The molecule has 27 heavy (non-hydrogen) atoms. The molecule has 136 valence electrons. The molecule has 0 saturated carbocycles. The molecule has 0 amide bonds. The summed E-state index contributed by atoms with van der Waals surface area (Å²) in [5.74, 6) is 0.167. The van der Waals surface area contributed by atoms with E-state index in [0.29, 0.717) is 21.9 Å². The van der Waals surface area contributed by atoms with Crippen LogP contribution in [-0.2, 0) is 10.1 Å². The van der Waals surface area contributed by atoms with Crippen molar-refractivity contribution in [1.29, 1.82) is 10.5 Å². The summed E-state index contributed by atoms with van der Waals surface area (Å²) >= 11 is 5.92. The van der Waals surface area contributed by atoms with Crippen LogP contribution in [0.1, 0.15) is 11.1 Å². The lowest BCUT2D eigenvalue weighted by molar-refractivity contribution is 0.493. The maximum atomic E-state index is 11.2. The van der Waals surface area contributed by atoms with Gasteiger partial charge in [-0.2, -0.15) is 24.0 Å². The summed E-state index contributed by atoms with van der Waals surface area (Å²) in [4.78, 5) is 0. The van der Waals surface area contributed by atoms with Crippen LogP contribution in [0.4, 0.5) is 0 Å². The number of nitriles is 2. The van der Waals surface area contributed by atoms with Gasteiger partial charge in [0.15, 0.2) is 0 Å². The van der Waals surface area contributed by atoms with E-state index in [2.05, 4.69) is 10.5 Å². The SMILES string of the molecule is CS(=O)(=O)Oc1ccc(/C(=N/NC=C(C#N)C#N)c2ccc(Cl)cc2)cc1. The van der Waals surface area contributed by atoms with Crippen LogP contribution >= 0.6 is 11.6 Å². The van der Waals surface area contributed by atoms with E-state index in [1.165, 1.54) is 18.3 Å². The van der Waals surface area contributed by atoms with E-state index in [9.17, 15) is 8.42 Å². The number of allylic oxidation sites excluding steroid dienone is 1. The number of hydrogen-bond acceptors (Lipinski definition) is 7. The first-order chi connectivity index (χ1) is 12.8. The molecule has 7 nitrogen and oxygen atoms in total. The molecule has 0 aromatic heterocycles. The largest absolute Gasteiger partial charge is 0.383 e. The van der Waals surface area contributed by atoms with Gasteiger partial charge in [0.1, 0.15) is 23.5 Å². The molecule has 2 rings (SSSR count). The maximum Gasteiger partial charge on any atom is 0.306 e. The molecule has 0 spiro atoms. The summed E-state index contributed by atoms with van der Waals surface area (Å²) in [6.07, 6.45) is 2.14. The summed E-state index contributed by atoms with van der Waals surface area (Å²) < 4.78 is 27.2. The number of benzene rings is 2. The van der Waals surface area contributed by atoms with Gasteiger partial charge in [-0.15, -0.1) is 0 Å². The first-order valence-electron chi connectivity index (χ1n) is 7.42. The second-order valence-corrected chi connectivity index (χ2v) is 7.20. The molecular weight excluding hydrogens is 388 g/mol. The van der Waals surface area contributed by atoms with Crippen LogP contribution in [0, 0.1) is 22.7 Å². The molecule has 0 atom stereocenters. The molecule has 9 heteroatoms. The monoisotopic (exact) mass is 400 g/mol. The Morgan fingerprint density at radius 1 is 1.07 bits per heavy atom. The smallest absolute Gasteiger partial charge is 0.306 e. The predicted molar refractivity (Wildman–Crippen MR) is 101 cm³/mol. The Hall–Kier alpha value is -3.33. The highest BCUT2D eigenvalue weighted by Gasteiger charge is 2.10. The van der Waals surface area contributed by atoms with Crippen molar-refractivity contribution in [1.82, 2.24) is 5.43 Å². The minimum Gasteiger partial charge on any atom is -0.383 e. The van der Waals surface area contributed by atoms with Gasteiger partial charge in [-0.1, -0.05) is 23.7 Å². The Morgan fingerprint density at radius 3 is 2.07 bits per heavy atom. The molecule has 0 aliphatic rings. The lowest BCUT2D eigenvalue weighted by Crippen LogP contribution is -2.10. The number of rotatable bonds is 6. The van der Waals surface area contributed by atoms with Crippen LogP contribution in [0.3, 0.4) is 0 Å². The molecular formula is C18H13ClN4O3S. The fraction of sp³-hybridized carbons (Fsp3) is 0.0556. The van der Waals surface area contributed by atoms with Gasteiger partial charge in [-0.25, -0.2) is 0 Å². The number of hydrazone groups is 1. The summed E-state index contributed by atoms with van der Waals surface area (Å²) in [7, 11) is -3.62. The zero-order chi connectivity index (χ0) is 19.9. The van der Waals surface area contributed by atoms with Gasteiger partial charge in [0.05, 0.1) is 12.0 Å². The van der Waals surface area contributed by atoms with E-state index < -0.39 is 10.1 Å². The van der Waals surface area contributed by atoms with Crippen molar-refractivity contribution in [2.24, 2.45) is 5.10 Å². The molecule has 0 unspecified atom stereocenters. The van der Waals surface area contributed by atoms with E-state index in [0.717, 1.165) is 6.26 Å². The summed E-state index contributed by atoms with van der Waals surface area (Å²) in [5.41, 5.74) is 4.29. The third-order valence-corrected chi connectivity index (χ3v) is 3.87. The number of nitrogens with one attached hydrogen (secondary N) is 1. The van der Waals surface area contributed by atoms with Crippen molar-refractivity contribution in [3.8, 4) is 17.9 Å². The van der Waals surface area contributed by atoms with Crippen LogP contribution in [0.5, 0.6) is 5.75 Å². The summed E-state index contributed by atoms with van der Waals surface area (Å²) in [6.45, 7) is 0. The molecule has 0 aliphatic carbocycles. The van der Waals surface area contributed by atoms with Crippen molar-refractivity contribution < 1.29 is 12.6 Å². The topological polar surface area (TPSA) is 115 Å². The zero-order valence-electron chi connectivity index (χ0n) is 14.0. The Bertz CT molecular complexity index is 1050. The highest BCUT2D eigenvalue weighted by Crippen LogP contribution is 2.18. The third kappa shape index (κ3) is 6.15. The molecule has 2 aromatic carbocycles. The van der Waals surface area contributed by atoms with Gasteiger partial charge < -0.3 is 4.18 Å². The Kier molecular flexibility index (Phi) is 6.56. The van der Waals surface area contributed by atoms with Gasteiger partial charge in [-0.3, -0.25) is 5.43 Å². The van der Waals surface area contributed by atoms with Crippen LogP contribution in [0.25, 0.3) is 0 Å². The molecule has 0 heterocycles. The number of nitrogens with zero attached hydrogens (tertiary/aromatic N) is 3. The quantitative estimate of drug-likeness (QED) is 0.345. The highest BCUT2D eigenvalue weighted by molar-refractivity contribution is 7.86. The molecule has 1 N–H and O–H groups in total. The van der Waals surface area contributed by atoms with E-state index >= 15 is 0 Å². The van der Waals surface area contributed by atoms with Crippen molar-refractivity contribution in [3.63, 3.8) is 0 Å². The van der Waals surface area contributed by atoms with Crippen LogP contribution in [0.15, 0.2) is 65.4 Å². The van der Waals surface area contributed by atoms with Gasteiger partial charge in [0, 0.05) is 22.3 Å². The minimum atomic E-state index is -3.62. The average molecular weight is 401 g/mol. The van der Waals surface area contributed by atoms with Crippen LogP contribution < -0.4 is 9.61 Å². The maximum absolute atomic E-state index is 11.2. The van der Waals surface area contributed by atoms with Crippen LogP contribution in [-0.4, -0.2) is 20.4 Å². The Morgan fingerprint density at radius 2 is 1.59 bits per heavy atom. The second kappa shape index (κ2) is 8.86. The van der Waals surface area contributed by atoms with Gasteiger partial charge in [0.25, 0.3) is 0 Å². The summed E-state index contributed by atoms with van der Waals surface area (Å²) in [6, 6.07) is 16.6. The third-order valence-electron chi connectivity index (χ3n) is 3.12. The fourth-order valence-corrected chi connectivity index (χ4v) is 2.58. The number of halogens is 1. The van der Waals surface area contributed by atoms with Crippen molar-refractivity contribution in [3.05, 3.63) is 76.5 Å². The predicted octanol–water partition coefficient (Wildman–Crippen LogP) is 2.95. The average Bonchev–Trinajstić information content (AvgIpc) is 2.63. The van der Waals surface area contributed by atoms with E-state index in [1.54, 1.807) is 48.5 Å². The van der Waals surface area contributed by atoms with E-state index in [-0.39, 0.29) is 11.3 Å². The Labute approximate surface area is 161 Å². The minimum absolute atomic E-state index is 0.133. The van der Waals surface area contributed by atoms with Gasteiger partial charge >= 0.3 is 10.1 Å². The fourth-order valence-electron chi connectivity index (χ4n) is 2.00. The molecule has 0 radical (unpaired) electrons. The van der Waals surface area contributed by atoms with Crippen molar-refractivity contribution >= 4 is 27.4 Å².